The summed E-state index contributed by atoms with van der Waals surface area (Å²) in [6, 6.07) is 0. The molecule has 1 unspecified atom stereocenters. The first-order valence-electron chi connectivity index (χ1n) is 8.97. The zero-order valence-electron chi connectivity index (χ0n) is 15.8. The Hall–Kier alpha value is -2.46. The van der Waals surface area contributed by atoms with Crippen LogP contribution in [0, 0.1) is 0 Å². The van der Waals surface area contributed by atoms with E-state index in [0.717, 1.165) is 45.3 Å². The molecule has 158 valence electrons. The Balaban J connectivity index is 0.000000179. The molecule has 3 saturated heterocycles. The molecule has 11 nitrogen and oxygen atoms in total. The monoisotopic (exact) mass is 427 g/mol. The highest BCUT2D eigenvalue weighted by atomic mass is 31.2. The van der Waals surface area contributed by atoms with Crippen LogP contribution in [0.3, 0.4) is 0 Å². The van der Waals surface area contributed by atoms with Crippen molar-refractivity contribution >= 4 is 25.4 Å². The summed E-state index contributed by atoms with van der Waals surface area (Å²) in [6.45, 7) is 9.67. The van der Waals surface area contributed by atoms with Crippen LogP contribution < -0.4 is 0 Å². The van der Waals surface area contributed by atoms with Crippen LogP contribution in [-0.2, 0) is 28.2 Å². The minimum absolute atomic E-state index is 0.00546. The Bertz CT molecular complexity index is 849. The molecule has 0 bridgehead atoms. The lowest BCUT2D eigenvalue weighted by atomic mass is 10.0. The standard InChI is InChI=1S/C12H13N3O2.C5H9O6P/c16-9-7-8(13-1-2-13)12(17)11(15-5-6-15)10(9)14-3-4-14;1-3-5(6)10-4(2)11-12(7,8)9/h7H,1-6H2;3-4H,1H2,2H3,(H2,7,8,9). The Labute approximate surface area is 167 Å². The molecule has 12 heteroatoms. The zero-order chi connectivity index (χ0) is 21.3. The third-order valence-electron chi connectivity index (χ3n) is 4.22. The molecule has 0 aromatic heterocycles. The van der Waals surface area contributed by atoms with Gasteiger partial charge in [0.2, 0.25) is 17.9 Å². The molecule has 0 aromatic rings. The molecule has 0 spiro atoms. The Morgan fingerprint density at radius 1 is 1.10 bits per heavy atom. The lowest BCUT2D eigenvalue weighted by Gasteiger charge is -2.21. The van der Waals surface area contributed by atoms with Crippen molar-refractivity contribution in [3.05, 3.63) is 35.8 Å². The van der Waals surface area contributed by atoms with Gasteiger partial charge in [-0.2, -0.15) is 0 Å². The Kier molecular flexibility index (Phi) is 5.95. The van der Waals surface area contributed by atoms with E-state index in [0.29, 0.717) is 17.1 Å². The quantitative estimate of drug-likeness (QED) is 0.134. The Morgan fingerprint density at radius 2 is 1.62 bits per heavy atom. The predicted molar refractivity (Wildman–Crippen MR) is 98.7 cm³/mol. The van der Waals surface area contributed by atoms with Gasteiger partial charge in [-0.1, -0.05) is 6.58 Å². The number of phosphoric ester groups is 1. The van der Waals surface area contributed by atoms with Crippen LogP contribution >= 0.6 is 7.82 Å². The summed E-state index contributed by atoms with van der Waals surface area (Å²) >= 11 is 0. The first-order valence-corrected chi connectivity index (χ1v) is 10.5. The molecule has 29 heavy (non-hydrogen) atoms. The van der Waals surface area contributed by atoms with Crippen LogP contribution in [0.5, 0.6) is 0 Å². The number of phosphoric acid groups is 1. The highest BCUT2D eigenvalue weighted by Gasteiger charge is 2.43. The molecule has 3 fully saturated rings. The van der Waals surface area contributed by atoms with Gasteiger partial charge in [-0.25, -0.2) is 13.9 Å². The molecule has 1 atom stereocenters. The van der Waals surface area contributed by atoms with Crippen molar-refractivity contribution in [1.29, 1.82) is 0 Å². The molecule has 3 heterocycles. The molecule has 0 amide bonds. The number of carbonyl (C=O) groups excluding carboxylic acids is 3. The third kappa shape index (κ3) is 5.77. The second-order valence-electron chi connectivity index (χ2n) is 6.69. The number of hydrogen-bond acceptors (Lipinski definition) is 9. The first kappa shape index (κ1) is 21.3. The van der Waals surface area contributed by atoms with Gasteiger partial charge in [-0.05, 0) is 6.92 Å². The van der Waals surface area contributed by atoms with E-state index in [-0.39, 0.29) is 11.6 Å². The van der Waals surface area contributed by atoms with E-state index in [1.807, 2.05) is 14.7 Å². The van der Waals surface area contributed by atoms with Gasteiger partial charge in [0.15, 0.2) is 0 Å². The fourth-order valence-electron chi connectivity index (χ4n) is 2.70. The summed E-state index contributed by atoms with van der Waals surface area (Å²) in [5, 5.41) is 0. The molecule has 4 rings (SSSR count). The van der Waals surface area contributed by atoms with Crippen LogP contribution in [0.25, 0.3) is 0 Å². The van der Waals surface area contributed by atoms with Crippen molar-refractivity contribution < 1.29 is 38.0 Å². The summed E-state index contributed by atoms with van der Waals surface area (Å²) in [4.78, 5) is 57.4. The van der Waals surface area contributed by atoms with Gasteiger partial charge in [0.25, 0.3) is 0 Å². The first-order chi connectivity index (χ1) is 13.6. The summed E-state index contributed by atoms with van der Waals surface area (Å²) < 4.78 is 18.5. The average Bonchev–Trinajstić information content (AvgIpc) is 3.46. The van der Waals surface area contributed by atoms with E-state index in [1.165, 1.54) is 13.0 Å². The summed E-state index contributed by atoms with van der Waals surface area (Å²) in [5.41, 5.74) is 1.89. The van der Waals surface area contributed by atoms with E-state index in [1.54, 1.807) is 0 Å². The number of ketones is 2. The van der Waals surface area contributed by atoms with Crippen molar-refractivity contribution in [1.82, 2.24) is 14.7 Å². The number of nitrogens with zero attached hydrogens (tertiary/aromatic N) is 3. The molecular formula is C17H22N3O8P. The van der Waals surface area contributed by atoms with E-state index in [2.05, 4.69) is 15.8 Å². The van der Waals surface area contributed by atoms with E-state index in [4.69, 9.17) is 9.79 Å². The highest BCUT2D eigenvalue weighted by Crippen LogP contribution is 2.37. The van der Waals surface area contributed by atoms with Crippen molar-refractivity contribution in [3.8, 4) is 0 Å². The van der Waals surface area contributed by atoms with Crippen LogP contribution in [0.1, 0.15) is 6.92 Å². The van der Waals surface area contributed by atoms with E-state index >= 15 is 0 Å². The molecule has 3 aliphatic heterocycles. The van der Waals surface area contributed by atoms with Crippen molar-refractivity contribution in [2.75, 3.05) is 39.3 Å². The number of Topliss-reactive ketones (excluding diaryl/α,β-unsaturated/α-hetero) is 1. The van der Waals surface area contributed by atoms with Crippen LogP contribution in [0.15, 0.2) is 35.8 Å². The minimum Gasteiger partial charge on any atom is -0.432 e. The summed E-state index contributed by atoms with van der Waals surface area (Å²) in [6.07, 6.45) is 1.09. The van der Waals surface area contributed by atoms with E-state index < -0.39 is 20.1 Å². The predicted octanol–water partition coefficient (Wildman–Crippen LogP) is -0.649. The second-order valence-corrected chi connectivity index (χ2v) is 7.88. The lowest BCUT2D eigenvalue weighted by molar-refractivity contribution is -0.156. The molecule has 2 N–H and O–H groups in total. The van der Waals surface area contributed by atoms with Gasteiger partial charge >= 0.3 is 13.8 Å². The van der Waals surface area contributed by atoms with Crippen molar-refractivity contribution in [3.63, 3.8) is 0 Å². The molecule has 0 saturated carbocycles. The Morgan fingerprint density at radius 3 is 2.07 bits per heavy atom. The number of esters is 1. The maximum Gasteiger partial charge on any atom is 0.472 e. The topological polar surface area (TPSA) is 136 Å². The lowest BCUT2D eigenvalue weighted by Crippen LogP contribution is -2.29. The van der Waals surface area contributed by atoms with Gasteiger partial charge in [-0.15, -0.1) is 0 Å². The van der Waals surface area contributed by atoms with E-state index in [9.17, 15) is 18.9 Å². The van der Waals surface area contributed by atoms with Crippen molar-refractivity contribution in [2.24, 2.45) is 0 Å². The fourth-order valence-corrected chi connectivity index (χ4v) is 3.13. The van der Waals surface area contributed by atoms with Crippen molar-refractivity contribution in [2.45, 2.75) is 13.2 Å². The third-order valence-corrected chi connectivity index (χ3v) is 4.79. The smallest absolute Gasteiger partial charge is 0.432 e. The zero-order valence-corrected chi connectivity index (χ0v) is 16.7. The number of allylic oxidation sites excluding steroid dienone is 1. The number of ether oxygens (including phenoxy) is 1. The van der Waals surface area contributed by atoms with Gasteiger partial charge < -0.3 is 29.2 Å². The summed E-state index contributed by atoms with van der Waals surface area (Å²) in [7, 11) is -4.60. The molecule has 0 radical (unpaired) electrons. The SMILES string of the molecule is C=CC(=O)OC(C)OP(=O)(O)O.O=C1C=C(N2CC2)C(=O)C(N2CC2)=C1N1CC1. The number of carbonyl (C=O) groups is 3. The minimum atomic E-state index is -4.60. The maximum absolute atomic E-state index is 12.4. The normalized spacial score (nSPS) is 21.2. The highest BCUT2D eigenvalue weighted by molar-refractivity contribution is 7.46. The summed E-state index contributed by atoms with van der Waals surface area (Å²) in [5.74, 6) is -0.761. The van der Waals surface area contributed by atoms with Gasteiger partial charge in [0.1, 0.15) is 11.4 Å². The molecule has 1 aliphatic carbocycles. The average molecular weight is 427 g/mol. The van der Waals surface area contributed by atoms with Gasteiger partial charge in [0.05, 0.1) is 5.70 Å². The maximum atomic E-state index is 12.4. The van der Waals surface area contributed by atoms with Gasteiger partial charge in [-0.3, -0.25) is 9.59 Å². The van der Waals surface area contributed by atoms with Crippen LogP contribution in [0.2, 0.25) is 0 Å². The fraction of sp³-hybridized carbons (Fsp3) is 0.471. The molecule has 4 aliphatic rings. The number of hydrogen-bond donors (Lipinski definition) is 2. The van der Waals surface area contributed by atoms with Gasteiger partial charge in [0, 0.05) is 51.4 Å². The molecule has 0 aromatic carbocycles. The molecular weight excluding hydrogens is 405 g/mol. The van der Waals surface area contributed by atoms with Crippen LogP contribution in [0.4, 0.5) is 0 Å². The second kappa shape index (κ2) is 8.11. The number of rotatable bonds is 7. The largest absolute Gasteiger partial charge is 0.472 e. The van der Waals surface area contributed by atoms with Crippen LogP contribution in [-0.4, -0.2) is 87.6 Å².